The Bertz CT molecular complexity index is 566. The summed E-state index contributed by atoms with van der Waals surface area (Å²) in [6.45, 7) is 8.51. The first-order valence-corrected chi connectivity index (χ1v) is 8.24. The number of nitrogens with zero attached hydrogens (tertiary/aromatic N) is 2. The van der Waals surface area contributed by atoms with E-state index in [4.69, 9.17) is 4.74 Å². The highest BCUT2D eigenvalue weighted by molar-refractivity contribution is 5.78. The molecule has 1 aromatic rings. The molecule has 7 nitrogen and oxygen atoms in total. The lowest BCUT2D eigenvalue weighted by Gasteiger charge is -2.39. The molecule has 3 atom stereocenters. The van der Waals surface area contributed by atoms with E-state index < -0.39 is 4.92 Å². The fourth-order valence-corrected chi connectivity index (χ4v) is 2.95. The second-order valence-corrected chi connectivity index (χ2v) is 6.46. The average molecular weight is 335 g/mol. The van der Waals surface area contributed by atoms with E-state index in [2.05, 4.69) is 31.0 Å². The third-order valence-corrected chi connectivity index (χ3v) is 4.18. The molecular formula is C17H25N3O4. The fourth-order valence-electron chi connectivity index (χ4n) is 2.95. The van der Waals surface area contributed by atoms with Gasteiger partial charge in [-0.2, -0.15) is 0 Å². The Labute approximate surface area is 142 Å². The van der Waals surface area contributed by atoms with Gasteiger partial charge in [0.2, 0.25) is 5.91 Å². The highest BCUT2D eigenvalue weighted by Crippen LogP contribution is 2.14. The zero-order chi connectivity index (χ0) is 17.7. The van der Waals surface area contributed by atoms with Crippen LogP contribution in [0, 0.1) is 10.1 Å². The number of nitro benzene ring substituents is 1. The maximum Gasteiger partial charge on any atom is 0.269 e. The lowest BCUT2D eigenvalue weighted by atomic mass is 10.1. The standard InChI is InChI=1S/C17H25N3O4/c1-12(19-10-13(2)24-14(3)11-19)9-18-17(21)8-15-4-6-16(7-5-15)20(22)23/h4-7,12-14H,8-11H2,1-3H3,(H,18,21). The van der Waals surface area contributed by atoms with Crippen molar-refractivity contribution >= 4 is 11.6 Å². The van der Waals surface area contributed by atoms with Crippen LogP contribution in [-0.4, -0.2) is 53.6 Å². The van der Waals surface area contributed by atoms with Crippen molar-refractivity contribution in [2.45, 2.75) is 45.4 Å². The van der Waals surface area contributed by atoms with E-state index in [1.807, 2.05) is 0 Å². The van der Waals surface area contributed by atoms with Gasteiger partial charge in [0.15, 0.2) is 0 Å². The molecule has 1 N–H and O–H groups in total. The number of morpholine rings is 1. The van der Waals surface area contributed by atoms with E-state index in [-0.39, 0.29) is 36.3 Å². The number of carbonyl (C=O) groups excluding carboxylic acids is 1. The van der Waals surface area contributed by atoms with Gasteiger partial charge in [-0.15, -0.1) is 0 Å². The third kappa shape index (κ3) is 5.28. The number of nitrogens with one attached hydrogen (secondary N) is 1. The molecule has 3 unspecified atom stereocenters. The van der Waals surface area contributed by atoms with Crippen LogP contribution in [0.25, 0.3) is 0 Å². The highest BCUT2D eigenvalue weighted by Gasteiger charge is 2.25. The number of hydrogen-bond acceptors (Lipinski definition) is 5. The molecule has 0 aliphatic carbocycles. The Hall–Kier alpha value is -1.99. The van der Waals surface area contributed by atoms with Crippen LogP contribution < -0.4 is 5.32 Å². The number of carbonyl (C=O) groups is 1. The van der Waals surface area contributed by atoms with Crippen LogP contribution in [0.2, 0.25) is 0 Å². The Kier molecular flexibility index (Phi) is 6.28. The molecule has 24 heavy (non-hydrogen) atoms. The number of hydrogen-bond donors (Lipinski definition) is 1. The first-order valence-electron chi connectivity index (χ1n) is 8.24. The van der Waals surface area contributed by atoms with Crippen molar-refractivity contribution in [2.75, 3.05) is 19.6 Å². The van der Waals surface area contributed by atoms with Crippen molar-refractivity contribution < 1.29 is 14.5 Å². The summed E-state index contributed by atoms with van der Waals surface area (Å²) in [6, 6.07) is 6.31. The lowest BCUT2D eigenvalue weighted by Crippen LogP contribution is -2.52. The van der Waals surface area contributed by atoms with Gasteiger partial charge in [0.25, 0.3) is 5.69 Å². The SMILES string of the molecule is CC1CN(C(C)CNC(=O)Cc2ccc([N+](=O)[O-])cc2)CC(C)O1. The van der Waals surface area contributed by atoms with Crippen LogP contribution in [0.4, 0.5) is 5.69 Å². The van der Waals surface area contributed by atoms with E-state index >= 15 is 0 Å². The van der Waals surface area contributed by atoms with Crippen molar-refractivity contribution in [1.29, 1.82) is 0 Å². The van der Waals surface area contributed by atoms with Gasteiger partial charge in [-0.3, -0.25) is 19.8 Å². The zero-order valence-electron chi connectivity index (χ0n) is 14.4. The van der Waals surface area contributed by atoms with E-state index in [1.165, 1.54) is 12.1 Å². The summed E-state index contributed by atoms with van der Waals surface area (Å²) < 4.78 is 5.72. The highest BCUT2D eigenvalue weighted by atomic mass is 16.6. The van der Waals surface area contributed by atoms with Crippen LogP contribution in [0.15, 0.2) is 24.3 Å². The first-order chi connectivity index (χ1) is 11.3. The summed E-state index contributed by atoms with van der Waals surface area (Å²) >= 11 is 0. The lowest BCUT2D eigenvalue weighted by molar-refractivity contribution is -0.384. The monoisotopic (exact) mass is 335 g/mol. The molecule has 0 aromatic heterocycles. The smallest absolute Gasteiger partial charge is 0.269 e. The minimum atomic E-state index is -0.449. The Balaban J connectivity index is 1.79. The molecule has 0 bridgehead atoms. The van der Waals surface area contributed by atoms with Crippen LogP contribution in [0.1, 0.15) is 26.3 Å². The van der Waals surface area contributed by atoms with Gasteiger partial charge in [-0.05, 0) is 26.3 Å². The number of benzene rings is 1. The van der Waals surface area contributed by atoms with E-state index in [0.29, 0.717) is 6.54 Å². The quantitative estimate of drug-likeness (QED) is 0.632. The molecule has 2 rings (SSSR count). The molecule has 1 aliphatic heterocycles. The predicted molar refractivity (Wildman–Crippen MR) is 90.9 cm³/mol. The number of non-ortho nitro benzene ring substituents is 1. The van der Waals surface area contributed by atoms with Gasteiger partial charge in [0.05, 0.1) is 23.6 Å². The van der Waals surface area contributed by atoms with Crippen LogP contribution in [-0.2, 0) is 16.0 Å². The van der Waals surface area contributed by atoms with Crippen LogP contribution >= 0.6 is 0 Å². The molecule has 1 saturated heterocycles. The molecule has 132 valence electrons. The van der Waals surface area contributed by atoms with Crippen molar-refractivity contribution in [3.63, 3.8) is 0 Å². The molecule has 1 aliphatic rings. The van der Waals surface area contributed by atoms with Crippen molar-refractivity contribution in [3.8, 4) is 0 Å². The Morgan fingerprint density at radius 1 is 1.33 bits per heavy atom. The topological polar surface area (TPSA) is 84.7 Å². The predicted octanol–water partition coefficient (Wildman–Crippen LogP) is 1.75. The third-order valence-electron chi connectivity index (χ3n) is 4.18. The molecule has 7 heteroatoms. The van der Waals surface area contributed by atoms with E-state index in [1.54, 1.807) is 12.1 Å². The van der Waals surface area contributed by atoms with E-state index in [9.17, 15) is 14.9 Å². The van der Waals surface area contributed by atoms with Crippen LogP contribution in [0.3, 0.4) is 0 Å². The van der Waals surface area contributed by atoms with Gasteiger partial charge >= 0.3 is 0 Å². The minimum Gasteiger partial charge on any atom is -0.373 e. The number of nitro groups is 1. The molecule has 0 radical (unpaired) electrons. The Morgan fingerprint density at radius 2 is 1.92 bits per heavy atom. The summed E-state index contributed by atoms with van der Waals surface area (Å²) in [5.41, 5.74) is 0.794. The van der Waals surface area contributed by atoms with Gasteiger partial charge < -0.3 is 10.1 Å². The molecular weight excluding hydrogens is 310 g/mol. The first kappa shape index (κ1) is 18.4. The second kappa shape index (κ2) is 8.21. The van der Waals surface area contributed by atoms with Crippen molar-refractivity contribution in [1.82, 2.24) is 10.2 Å². The molecule has 1 heterocycles. The summed E-state index contributed by atoms with van der Waals surface area (Å²) in [6.07, 6.45) is 0.625. The average Bonchev–Trinajstić information content (AvgIpc) is 2.52. The van der Waals surface area contributed by atoms with Crippen LogP contribution in [0.5, 0.6) is 0 Å². The number of rotatable bonds is 6. The maximum absolute atomic E-state index is 12.1. The molecule has 1 aromatic carbocycles. The number of amides is 1. The van der Waals surface area contributed by atoms with Gasteiger partial charge in [-0.25, -0.2) is 0 Å². The zero-order valence-corrected chi connectivity index (χ0v) is 14.4. The maximum atomic E-state index is 12.1. The largest absolute Gasteiger partial charge is 0.373 e. The number of ether oxygens (including phenoxy) is 1. The minimum absolute atomic E-state index is 0.0309. The van der Waals surface area contributed by atoms with Crippen molar-refractivity contribution in [2.24, 2.45) is 0 Å². The van der Waals surface area contributed by atoms with Crippen molar-refractivity contribution in [3.05, 3.63) is 39.9 Å². The summed E-state index contributed by atoms with van der Waals surface area (Å²) in [4.78, 5) is 24.6. The van der Waals surface area contributed by atoms with E-state index in [0.717, 1.165) is 18.7 Å². The normalized spacial score (nSPS) is 22.8. The van der Waals surface area contributed by atoms with Gasteiger partial charge in [0, 0.05) is 37.8 Å². The molecule has 1 amide bonds. The van der Waals surface area contributed by atoms with Gasteiger partial charge in [-0.1, -0.05) is 12.1 Å². The summed E-state index contributed by atoms with van der Waals surface area (Å²) in [5, 5.41) is 13.6. The second-order valence-electron chi connectivity index (χ2n) is 6.46. The summed E-state index contributed by atoms with van der Waals surface area (Å²) in [7, 11) is 0. The Morgan fingerprint density at radius 3 is 2.46 bits per heavy atom. The molecule has 0 spiro atoms. The summed E-state index contributed by atoms with van der Waals surface area (Å²) in [5.74, 6) is -0.0786. The molecule has 0 saturated carbocycles. The fraction of sp³-hybridized carbons (Fsp3) is 0.588. The molecule has 1 fully saturated rings. The van der Waals surface area contributed by atoms with Gasteiger partial charge in [0.1, 0.15) is 0 Å².